The lowest BCUT2D eigenvalue weighted by molar-refractivity contribution is 0.479. The van der Waals surface area contributed by atoms with E-state index in [9.17, 15) is 0 Å². The van der Waals surface area contributed by atoms with Gasteiger partial charge in [0.05, 0.1) is 39.5 Å². The van der Waals surface area contributed by atoms with Gasteiger partial charge in [0.1, 0.15) is 11.5 Å². The third-order valence-corrected chi connectivity index (χ3v) is 20.3. The number of nitrogens with zero attached hydrogens (tertiary/aromatic N) is 3. The van der Waals surface area contributed by atoms with Crippen molar-refractivity contribution in [3.63, 3.8) is 0 Å². The van der Waals surface area contributed by atoms with E-state index in [4.69, 9.17) is 4.74 Å². The number of aromatic nitrogens is 1. The molecule has 0 bridgehead atoms. The Morgan fingerprint density at radius 1 is 0.348 bits per heavy atom. The average Bonchev–Trinajstić information content (AvgIpc) is 3.65. The molecule has 0 unspecified atom stereocenters. The number of benzene rings is 8. The topological polar surface area (TPSA) is 20.6 Å². The molecule has 0 saturated carbocycles. The molecule has 69 heavy (non-hydrogen) atoms. The number of rotatable bonds is 4. The van der Waals surface area contributed by atoms with Crippen LogP contribution in [0.1, 0.15) is 105 Å². The predicted molar refractivity (Wildman–Crippen MR) is 296 cm³/mol. The summed E-state index contributed by atoms with van der Waals surface area (Å²) in [6.07, 6.45) is 0. The van der Waals surface area contributed by atoms with Crippen LogP contribution in [0, 0.1) is 0 Å². The van der Waals surface area contributed by atoms with Crippen LogP contribution in [-0.2, 0) is 21.7 Å². The summed E-state index contributed by atoms with van der Waals surface area (Å²) in [5.74, 6) is 1.94. The van der Waals surface area contributed by atoms with Gasteiger partial charge < -0.3 is 19.1 Å². The Labute approximate surface area is 409 Å². The Morgan fingerprint density at radius 3 is 1.13 bits per heavy atom. The smallest absolute Gasteiger partial charge is 0.198 e. The molecule has 8 aromatic carbocycles. The van der Waals surface area contributed by atoms with Crippen LogP contribution in [0.2, 0.25) is 0 Å². The number of hydrogen-bond donors (Lipinski definition) is 0. The molecule has 9 aromatic rings. The van der Waals surface area contributed by atoms with Crippen molar-refractivity contribution in [2.75, 3.05) is 9.80 Å². The number of hydrogen-bond acceptors (Lipinski definition) is 3. The summed E-state index contributed by atoms with van der Waals surface area (Å²) in [6.45, 7) is 27.8. The molecule has 1 aromatic heterocycles. The standard InChI is InChI=1S/C64H63N3OSi/c1-61(2,3)40-26-30-44(31-27-40)65-52-34-42(63(7,8)9)36-56-59(52)69(47-20-14-13-15-21-47)58-54(65)38-46(67-50-24-18-16-22-48(50)49-23-17-19-25-51(49)67)39-55(58)66(45-32-28-41(29-33-45)62(4,5)6)53-35-43(64(10,11)12)37-57(68-56)60(53)69/h13-39H,1-12H3. The zero-order valence-electron chi connectivity index (χ0n) is 42.3. The minimum Gasteiger partial charge on any atom is -0.457 e. The quantitative estimate of drug-likeness (QED) is 0.164. The van der Waals surface area contributed by atoms with Crippen LogP contribution in [0.15, 0.2) is 164 Å². The van der Waals surface area contributed by atoms with Gasteiger partial charge >= 0.3 is 0 Å². The van der Waals surface area contributed by atoms with Gasteiger partial charge in [0.2, 0.25) is 0 Å². The molecule has 4 heterocycles. The first kappa shape index (κ1) is 43.5. The Hall–Kier alpha value is -6.82. The summed E-state index contributed by atoms with van der Waals surface area (Å²) >= 11 is 0. The monoisotopic (exact) mass is 917 g/mol. The van der Waals surface area contributed by atoms with E-state index in [2.05, 4.69) is 261 Å². The van der Waals surface area contributed by atoms with Crippen LogP contribution >= 0.6 is 0 Å². The van der Waals surface area contributed by atoms with Crippen molar-refractivity contribution in [2.24, 2.45) is 0 Å². The van der Waals surface area contributed by atoms with Crippen LogP contribution < -0.4 is 35.3 Å². The SMILES string of the molecule is CC(C)(C)c1ccc(N2c3cc(C(C)(C)C)cc4c3[Si]3(c5ccccc5)c5c(cc(C(C)(C)C)cc5N(c5ccc(C(C)(C)C)cc5)c5cc(-n6c7ccccc7c7ccccc76)cc2c53)O4)cc1. The molecule has 4 nitrogen and oxygen atoms in total. The Bertz CT molecular complexity index is 3350. The summed E-state index contributed by atoms with van der Waals surface area (Å²) in [5.41, 5.74) is 15.4. The molecule has 344 valence electrons. The fourth-order valence-corrected chi connectivity index (χ4v) is 17.2. The molecule has 0 atom stereocenters. The number of para-hydroxylation sites is 2. The zero-order valence-corrected chi connectivity index (χ0v) is 43.3. The molecule has 0 saturated heterocycles. The minimum atomic E-state index is -3.26. The van der Waals surface area contributed by atoms with Gasteiger partial charge in [0, 0.05) is 37.7 Å². The van der Waals surface area contributed by atoms with Gasteiger partial charge in [-0.15, -0.1) is 0 Å². The van der Waals surface area contributed by atoms with Crippen LogP contribution in [0.4, 0.5) is 34.1 Å². The van der Waals surface area contributed by atoms with Crippen molar-refractivity contribution in [1.29, 1.82) is 0 Å². The minimum absolute atomic E-state index is 0.000361. The molecular formula is C64H63N3OSi. The molecular weight excluding hydrogens is 855 g/mol. The van der Waals surface area contributed by atoms with Crippen LogP contribution in [0.25, 0.3) is 27.5 Å². The van der Waals surface area contributed by atoms with E-state index in [0.29, 0.717) is 0 Å². The second kappa shape index (κ2) is 14.6. The van der Waals surface area contributed by atoms with Crippen molar-refractivity contribution in [2.45, 2.75) is 105 Å². The highest BCUT2D eigenvalue weighted by molar-refractivity contribution is 7.24. The van der Waals surface area contributed by atoms with Gasteiger partial charge in [-0.3, -0.25) is 0 Å². The lowest BCUT2D eigenvalue weighted by atomic mass is 9.85. The first-order valence-corrected chi connectivity index (χ1v) is 26.8. The van der Waals surface area contributed by atoms with Crippen LogP contribution in [0.5, 0.6) is 11.5 Å². The first-order chi connectivity index (χ1) is 32.7. The summed E-state index contributed by atoms with van der Waals surface area (Å²) in [6, 6.07) is 63.1. The number of fused-ring (bicyclic) bond motifs is 3. The van der Waals surface area contributed by atoms with E-state index in [-0.39, 0.29) is 21.7 Å². The van der Waals surface area contributed by atoms with Gasteiger partial charge in [-0.05, 0) is 122 Å². The highest BCUT2D eigenvalue weighted by Crippen LogP contribution is 2.54. The predicted octanol–water partition coefficient (Wildman–Crippen LogP) is 15.0. The van der Waals surface area contributed by atoms with Crippen molar-refractivity contribution in [3.05, 3.63) is 186 Å². The third kappa shape index (κ3) is 6.38. The Kier molecular flexibility index (Phi) is 9.20. The van der Waals surface area contributed by atoms with Gasteiger partial charge in [-0.2, -0.15) is 0 Å². The molecule has 0 spiro atoms. The van der Waals surface area contributed by atoms with Gasteiger partial charge in [0.15, 0.2) is 8.07 Å². The van der Waals surface area contributed by atoms with Crippen molar-refractivity contribution < 1.29 is 4.74 Å². The van der Waals surface area contributed by atoms with E-state index < -0.39 is 8.07 Å². The largest absolute Gasteiger partial charge is 0.457 e. The summed E-state index contributed by atoms with van der Waals surface area (Å²) in [4.78, 5) is 5.21. The molecule has 5 heteroatoms. The van der Waals surface area contributed by atoms with Crippen molar-refractivity contribution in [3.8, 4) is 17.2 Å². The second-order valence-electron chi connectivity index (χ2n) is 23.9. The van der Waals surface area contributed by atoms with E-state index in [1.54, 1.807) is 0 Å². The first-order valence-electron chi connectivity index (χ1n) is 24.8. The maximum absolute atomic E-state index is 7.62. The van der Waals surface area contributed by atoms with E-state index in [0.717, 1.165) is 28.6 Å². The molecule has 12 rings (SSSR count). The third-order valence-electron chi connectivity index (χ3n) is 15.3. The average molecular weight is 918 g/mol. The molecule has 0 fully saturated rings. The molecule has 0 amide bonds. The van der Waals surface area contributed by atoms with Gasteiger partial charge in [-0.1, -0.05) is 174 Å². The highest BCUT2D eigenvalue weighted by Gasteiger charge is 2.60. The molecule has 3 aliphatic rings. The maximum Gasteiger partial charge on any atom is 0.198 e. The lowest BCUT2D eigenvalue weighted by Gasteiger charge is -2.53. The molecule has 0 radical (unpaired) electrons. The van der Waals surface area contributed by atoms with Crippen molar-refractivity contribution >= 4 is 84.8 Å². The summed E-state index contributed by atoms with van der Waals surface area (Å²) in [7, 11) is -3.26. The fourth-order valence-electron chi connectivity index (χ4n) is 11.7. The van der Waals surface area contributed by atoms with Crippen LogP contribution in [-0.4, -0.2) is 12.6 Å². The number of anilines is 6. The maximum atomic E-state index is 7.62. The second-order valence-corrected chi connectivity index (χ2v) is 27.5. The lowest BCUT2D eigenvalue weighted by Crippen LogP contribution is -2.80. The fraction of sp³-hybridized carbons (Fsp3) is 0.250. The van der Waals surface area contributed by atoms with Gasteiger partial charge in [-0.25, -0.2) is 0 Å². The number of ether oxygens (including phenoxy) is 1. The Morgan fingerprint density at radius 2 is 0.725 bits per heavy atom. The molecule has 3 aliphatic heterocycles. The molecule has 0 aliphatic carbocycles. The Balaban J connectivity index is 1.32. The normalized spacial score (nSPS) is 14.8. The van der Waals surface area contributed by atoms with E-state index in [1.807, 2.05) is 0 Å². The zero-order chi connectivity index (χ0) is 48.2. The van der Waals surface area contributed by atoms with Crippen LogP contribution in [0.3, 0.4) is 0 Å². The summed E-state index contributed by atoms with van der Waals surface area (Å²) in [5, 5.41) is 7.88. The van der Waals surface area contributed by atoms with E-state index in [1.165, 1.54) is 87.6 Å². The highest BCUT2D eigenvalue weighted by atomic mass is 28.3. The van der Waals surface area contributed by atoms with E-state index >= 15 is 0 Å². The van der Waals surface area contributed by atoms with Crippen molar-refractivity contribution in [1.82, 2.24) is 4.57 Å². The summed E-state index contributed by atoms with van der Waals surface area (Å²) < 4.78 is 10.1. The molecule has 0 N–H and O–H groups in total. The van der Waals surface area contributed by atoms with Gasteiger partial charge in [0.25, 0.3) is 0 Å².